The summed E-state index contributed by atoms with van der Waals surface area (Å²) in [6, 6.07) is 11.2. The van der Waals surface area contributed by atoms with Crippen LogP contribution in [0.2, 0.25) is 0 Å². The molecule has 0 spiro atoms. The Kier molecular flexibility index (Phi) is 3.12. The van der Waals surface area contributed by atoms with Crippen molar-refractivity contribution < 1.29 is 4.79 Å². The minimum absolute atomic E-state index is 0.175. The van der Waals surface area contributed by atoms with E-state index in [-0.39, 0.29) is 5.78 Å². The number of para-hydroxylation sites is 1. The largest absolute Gasteiger partial charge is 0.285 e. The summed E-state index contributed by atoms with van der Waals surface area (Å²) in [5, 5.41) is 12.4. The Morgan fingerprint density at radius 1 is 1.15 bits per heavy atom. The second kappa shape index (κ2) is 5.08. The second-order valence-corrected chi connectivity index (χ2v) is 4.22. The van der Waals surface area contributed by atoms with Gasteiger partial charge in [0.1, 0.15) is 5.69 Å². The molecule has 0 unspecified atom stereocenters. The number of aryl methyl sites for hydroxylation is 1. The van der Waals surface area contributed by atoms with E-state index < -0.39 is 0 Å². The summed E-state index contributed by atoms with van der Waals surface area (Å²) in [5.41, 5.74) is 1.65. The van der Waals surface area contributed by atoms with Crippen molar-refractivity contribution in [2.45, 2.75) is 13.5 Å². The summed E-state index contributed by atoms with van der Waals surface area (Å²) in [7, 11) is 0. The number of aromatic nitrogens is 5. The molecule has 100 valence electrons. The first-order valence-corrected chi connectivity index (χ1v) is 6.34. The van der Waals surface area contributed by atoms with Gasteiger partial charge in [-0.25, -0.2) is 0 Å². The van der Waals surface area contributed by atoms with Gasteiger partial charge in [-0.3, -0.25) is 9.48 Å². The molecule has 0 amide bonds. The Labute approximate surface area is 115 Å². The fourth-order valence-corrected chi connectivity index (χ4v) is 1.96. The van der Waals surface area contributed by atoms with Crippen molar-refractivity contribution in [3.63, 3.8) is 0 Å². The second-order valence-electron chi connectivity index (χ2n) is 4.22. The maximum atomic E-state index is 12.4. The van der Waals surface area contributed by atoms with E-state index in [1.54, 1.807) is 16.9 Å². The molecule has 0 saturated heterocycles. The first kappa shape index (κ1) is 12.3. The fourth-order valence-electron chi connectivity index (χ4n) is 1.96. The minimum atomic E-state index is -0.175. The van der Waals surface area contributed by atoms with Crippen molar-refractivity contribution in [2.75, 3.05) is 0 Å². The first-order chi connectivity index (χ1) is 9.79. The molecular weight excluding hydrogens is 254 g/mol. The third kappa shape index (κ3) is 2.11. The molecule has 1 aromatic carbocycles. The molecule has 6 nitrogen and oxygen atoms in total. The lowest BCUT2D eigenvalue weighted by Gasteiger charge is -2.01. The van der Waals surface area contributed by atoms with Crippen LogP contribution in [0.1, 0.15) is 23.1 Å². The molecular formula is C14H13N5O. The highest BCUT2D eigenvalue weighted by Gasteiger charge is 2.17. The van der Waals surface area contributed by atoms with Crippen molar-refractivity contribution in [3.05, 3.63) is 60.2 Å². The highest BCUT2D eigenvalue weighted by atomic mass is 16.1. The summed E-state index contributed by atoms with van der Waals surface area (Å²) < 4.78 is 1.64. The lowest BCUT2D eigenvalue weighted by Crippen LogP contribution is -2.11. The van der Waals surface area contributed by atoms with E-state index >= 15 is 0 Å². The zero-order valence-electron chi connectivity index (χ0n) is 11.0. The number of hydrogen-bond donors (Lipinski definition) is 0. The van der Waals surface area contributed by atoms with E-state index in [0.717, 1.165) is 5.69 Å². The maximum absolute atomic E-state index is 12.4. The predicted molar refractivity (Wildman–Crippen MR) is 72.7 cm³/mol. The van der Waals surface area contributed by atoms with Crippen LogP contribution >= 0.6 is 0 Å². The van der Waals surface area contributed by atoms with Crippen molar-refractivity contribution in [1.82, 2.24) is 24.8 Å². The van der Waals surface area contributed by atoms with Crippen molar-refractivity contribution in [1.29, 1.82) is 0 Å². The first-order valence-electron chi connectivity index (χ1n) is 6.34. The third-order valence-electron chi connectivity index (χ3n) is 2.96. The Morgan fingerprint density at radius 3 is 2.70 bits per heavy atom. The van der Waals surface area contributed by atoms with Crippen LogP contribution in [0.15, 0.2) is 48.8 Å². The summed E-state index contributed by atoms with van der Waals surface area (Å²) in [4.78, 5) is 13.8. The van der Waals surface area contributed by atoms with E-state index in [2.05, 4.69) is 15.3 Å². The van der Waals surface area contributed by atoms with Gasteiger partial charge in [-0.05, 0) is 25.1 Å². The van der Waals surface area contributed by atoms with E-state index in [1.165, 1.54) is 11.0 Å². The van der Waals surface area contributed by atoms with Crippen LogP contribution < -0.4 is 0 Å². The van der Waals surface area contributed by atoms with E-state index in [9.17, 15) is 4.79 Å². The monoisotopic (exact) mass is 267 g/mol. The topological polar surface area (TPSA) is 65.6 Å². The number of carbonyl (C=O) groups is 1. The van der Waals surface area contributed by atoms with Crippen LogP contribution in [0, 0.1) is 0 Å². The predicted octanol–water partition coefficient (Wildman–Crippen LogP) is 1.71. The number of benzene rings is 1. The highest BCUT2D eigenvalue weighted by Crippen LogP contribution is 2.09. The molecule has 0 fully saturated rings. The van der Waals surface area contributed by atoms with Gasteiger partial charge in [-0.15, -0.1) is 5.10 Å². The summed E-state index contributed by atoms with van der Waals surface area (Å²) in [5.74, 6) is -0.175. The van der Waals surface area contributed by atoms with Gasteiger partial charge in [0, 0.05) is 12.7 Å². The van der Waals surface area contributed by atoms with Gasteiger partial charge >= 0.3 is 0 Å². The summed E-state index contributed by atoms with van der Waals surface area (Å²) in [6.07, 6.45) is 3.08. The van der Waals surface area contributed by atoms with Gasteiger partial charge in [-0.1, -0.05) is 18.2 Å². The SMILES string of the molecule is CCn1nccc1C(=O)c1cnn(-c2ccccc2)n1. The smallest absolute Gasteiger partial charge is 0.232 e. The zero-order chi connectivity index (χ0) is 13.9. The average molecular weight is 267 g/mol. The van der Waals surface area contributed by atoms with Gasteiger partial charge in [-0.2, -0.15) is 15.0 Å². The number of nitrogens with zero attached hydrogens (tertiary/aromatic N) is 5. The van der Waals surface area contributed by atoms with Gasteiger partial charge < -0.3 is 0 Å². The molecule has 0 atom stereocenters. The maximum Gasteiger partial charge on any atom is 0.232 e. The minimum Gasteiger partial charge on any atom is -0.285 e. The Morgan fingerprint density at radius 2 is 1.95 bits per heavy atom. The molecule has 0 saturated carbocycles. The standard InChI is InChI=1S/C14H13N5O/c1-2-18-13(8-9-15-18)14(20)12-10-16-19(17-12)11-6-4-3-5-7-11/h3-10H,2H2,1H3. The fraction of sp³-hybridized carbons (Fsp3) is 0.143. The summed E-state index contributed by atoms with van der Waals surface area (Å²) in [6.45, 7) is 2.57. The number of ketones is 1. The van der Waals surface area contributed by atoms with E-state index in [0.29, 0.717) is 17.9 Å². The highest BCUT2D eigenvalue weighted by molar-refractivity contribution is 6.06. The van der Waals surface area contributed by atoms with Crippen LogP contribution in [0.5, 0.6) is 0 Å². The molecule has 2 aromatic heterocycles. The number of rotatable bonds is 4. The van der Waals surface area contributed by atoms with Gasteiger partial charge in [0.05, 0.1) is 11.9 Å². The average Bonchev–Trinajstić information content (AvgIpc) is 3.16. The quantitative estimate of drug-likeness (QED) is 0.675. The van der Waals surface area contributed by atoms with E-state index in [4.69, 9.17) is 0 Å². The Balaban J connectivity index is 1.93. The van der Waals surface area contributed by atoms with Crippen LogP contribution in [0.25, 0.3) is 5.69 Å². The zero-order valence-corrected chi connectivity index (χ0v) is 11.0. The van der Waals surface area contributed by atoms with Gasteiger partial charge in [0.15, 0.2) is 5.69 Å². The summed E-state index contributed by atoms with van der Waals surface area (Å²) >= 11 is 0. The molecule has 0 radical (unpaired) electrons. The molecule has 0 aliphatic rings. The van der Waals surface area contributed by atoms with Crippen LogP contribution in [-0.4, -0.2) is 30.6 Å². The lowest BCUT2D eigenvalue weighted by molar-refractivity contribution is 0.102. The number of hydrogen-bond acceptors (Lipinski definition) is 4. The molecule has 0 aliphatic heterocycles. The van der Waals surface area contributed by atoms with Crippen molar-refractivity contribution in [2.24, 2.45) is 0 Å². The van der Waals surface area contributed by atoms with Crippen LogP contribution in [-0.2, 0) is 6.54 Å². The Bertz CT molecular complexity index is 729. The van der Waals surface area contributed by atoms with Crippen LogP contribution in [0.3, 0.4) is 0 Å². The number of carbonyl (C=O) groups excluding carboxylic acids is 1. The third-order valence-corrected chi connectivity index (χ3v) is 2.96. The molecule has 0 aliphatic carbocycles. The van der Waals surface area contributed by atoms with Crippen molar-refractivity contribution >= 4 is 5.78 Å². The molecule has 3 rings (SSSR count). The van der Waals surface area contributed by atoms with Gasteiger partial charge in [0.2, 0.25) is 5.78 Å². The molecule has 6 heteroatoms. The Hall–Kier alpha value is -2.76. The van der Waals surface area contributed by atoms with E-state index in [1.807, 2.05) is 37.3 Å². The molecule has 0 bridgehead atoms. The van der Waals surface area contributed by atoms with Gasteiger partial charge in [0.25, 0.3) is 0 Å². The molecule has 3 aromatic rings. The molecule has 0 N–H and O–H groups in total. The lowest BCUT2D eigenvalue weighted by atomic mass is 10.2. The normalized spacial score (nSPS) is 10.7. The van der Waals surface area contributed by atoms with Crippen LogP contribution in [0.4, 0.5) is 0 Å². The molecule has 20 heavy (non-hydrogen) atoms. The molecule has 2 heterocycles. The van der Waals surface area contributed by atoms with Crippen molar-refractivity contribution in [3.8, 4) is 5.69 Å².